The van der Waals surface area contributed by atoms with Crippen LogP contribution in [0, 0.1) is 5.92 Å². The molecule has 23 heavy (non-hydrogen) atoms. The topological polar surface area (TPSA) is 46.6 Å². The van der Waals surface area contributed by atoms with Crippen LogP contribution < -0.4 is 4.90 Å². The average molecular weight is 313 g/mol. The van der Waals surface area contributed by atoms with Gasteiger partial charge in [0.2, 0.25) is 11.7 Å². The average Bonchev–Trinajstić information content (AvgIpc) is 2.55. The molecule has 0 N–H and O–H groups in total. The number of carbonyl (C=O) groups excluding carboxylic acids is 2. The minimum atomic E-state index is -1.41. The summed E-state index contributed by atoms with van der Waals surface area (Å²) in [5, 5.41) is 0. The summed E-state index contributed by atoms with van der Waals surface area (Å²) in [7, 11) is 0. The van der Waals surface area contributed by atoms with Gasteiger partial charge in [0.05, 0.1) is 12.5 Å². The summed E-state index contributed by atoms with van der Waals surface area (Å²) in [6.45, 7) is 3.79. The third-order valence-corrected chi connectivity index (χ3v) is 3.94. The van der Waals surface area contributed by atoms with Crippen molar-refractivity contribution in [2.24, 2.45) is 5.92 Å². The summed E-state index contributed by atoms with van der Waals surface area (Å²) in [5.41, 5.74) is -0.831. The molecule has 1 aliphatic carbocycles. The van der Waals surface area contributed by atoms with Gasteiger partial charge in [0.1, 0.15) is 0 Å². The maximum atomic E-state index is 13.9. The predicted molar refractivity (Wildman–Crippen MR) is 84.3 cm³/mol. The van der Waals surface area contributed by atoms with Crippen LogP contribution in [0.15, 0.2) is 67.0 Å². The Balaban J connectivity index is 2.09. The highest BCUT2D eigenvalue weighted by molar-refractivity contribution is 6.05. The monoisotopic (exact) mass is 313 g/mol. The van der Waals surface area contributed by atoms with Crippen molar-refractivity contribution < 1.29 is 18.7 Å². The number of halogens is 1. The van der Waals surface area contributed by atoms with Gasteiger partial charge in [-0.3, -0.25) is 14.5 Å². The first-order valence-electron chi connectivity index (χ1n) is 7.33. The van der Waals surface area contributed by atoms with Gasteiger partial charge in [-0.25, -0.2) is 4.39 Å². The molecule has 1 heterocycles. The van der Waals surface area contributed by atoms with Crippen molar-refractivity contribution in [3.8, 4) is 0 Å². The summed E-state index contributed by atoms with van der Waals surface area (Å²) in [4.78, 5) is 25.7. The molecule has 5 heteroatoms. The van der Waals surface area contributed by atoms with E-state index in [0.29, 0.717) is 12.1 Å². The molecule has 1 spiro atoms. The fourth-order valence-electron chi connectivity index (χ4n) is 2.81. The second kappa shape index (κ2) is 5.93. The number of nitrogens with zero attached hydrogens (tertiary/aromatic N) is 1. The molecule has 1 aromatic rings. The van der Waals surface area contributed by atoms with Gasteiger partial charge in [-0.1, -0.05) is 24.3 Å². The first kappa shape index (κ1) is 15.4. The molecule has 4 nitrogen and oxygen atoms in total. The zero-order chi connectivity index (χ0) is 16.4. The van der Waals surface area contributed by atoms with Crippen molar-refractivity contribution in [2.45, 2.75) is 12.1 Å². The van der Waals surface area contributed by atoms with Gasteiger partial charge < -0.3 is 4.74 Å². The SMILES string of the molecule is C=CCC1COC2(C=CC(=O)C(F)=C2)N(c2ccccc2)C1=O. The number of carbonyl (C=O) groups is 2. The maximum absolute atomic E-state index is 13.9. The molecule has 2 unspecified atom stereocenters. The van der Waals surface area contributed by atoms with Crippen LogP contribution in [-0.2, 0) is 14.3 Å². The van der Waals surface area contributed by atoms with Gasteiger partial charge in [-0.15, -0.1) is 6.58 Å². The molecule has 1 amide bonds. The van der Waals surface area contributed by atoms with E-state index in [4.69, 9.17) is 4.74 Å². The fourth-order valence-corrected chi connectivity index (χ4v) is 2.81. The Morgan fingerprint density at radius 1 is 1.35 bits per heavy atom. The van der Waals surface area contributed by atoms with Crippen LogP contribution >= 0.6 is 0 Å². The van der Waals surface area contributed by atoms with Crippen LogP contribution in [0.4, 0.5) is 10.1 Å². The number of allylic oxidation sites excluding steroid dienone is 3. The molecule has 118 valence electrons. The number of para-hydroxylation sites is 1. The van der Waals surface area contributed by atoms with Crippen LogP contribution in [0.2, 0.25) is 0 Å². The van der Waals surface area contributed by atoms with E-state index < -0.39 is 17.3 Å². The molecule has 0 saturated carbocycles. The number of hydrogen-bond donors (Lipinski definition) is 0. The van der Waals surface area contributed by atoms with Crippen molar-refractivity contribution in [1.82, 2.24) is 0 Å². The molecule has 0 radical (unpaired) electrons. The smallest absolute Gasteiger partial charge is 0.235 e. The molecule has 1 aliphatic heterocycles. The first-order valence-corrected chi connectivity index (χ1v) is 7.33. The van der Waals surface area contributed by atoms with Crippen LogP contribution in [0.5, 0.6) is 0 Å². The zero-order valence-electron chi connectivity index (χ0n) is 12.4. The Labute approximate surface area is 133 Å². The Morgan fingerprint density at radius 2 is 2.09 bits per heavy atom. The highest BCUT2D eigenvalue weighted by Gasteiger charge is 2.47. The van der Waals surface area contributed by atoms with Crippen molar-refractivity contribution >= 4 is 17.4 Å². The second-order valence-corrected chi connectivity index (χ2v) is 5.48. The van der Waals surface area contributed by atoms with E-state index in [1.807, 2.05) is 6.07 Å². The molecule has 1 fully saturated rings. The van der Waals surface area contributed by atoms with Crippen LogP contribution in [-0.4, -0.2) is 24.0 Å². The Morgan fingerprint density at radius 3 is 2.74 bits per heavy atom. The number of ketones is 1. The van der Waals surface area contributed by atoms with E-state index in [-0.39, 0.29) is 18.4 Å². The molecule has 1 saturated heterocycles. The lowest BCUT2D eigenvalue weighted by Crippen LogP contribution is -2.59. The minimum Gasteiger partial charge on any atom is -0.347 e. The van der Waals surface area contributed by atoms with Crippen LogP contribution in [0.3, 0.4) is 0 Å². The standard InChI is InChI=1S/C18H16FNO3/c1-2-6-13-12-23-18(10-9-16(21)15(19)11-18)20(17(13)22)14-7-4-3-5-8-14/h2-5,7-11,13H,1,6,12H2. The molecular weight excluding hydrogens is 297 g/mol. The third kappa shape index (κ3) is 2.64. The van der Waals surface area contributed by atoms with E-state index in [0.717, 1.165) is 12.2 Å². The number of anilines is 1. The van der Waals surface area contributed by atoms with E-state index in [2.05, 4.69) is 6.58 Å². The van der Waals surface area contributed by atoms with E-state index in [9.17, 15) is 14.0 Å². The van der Waals surface area contributed by atoms with Gasteiger partial charge in [-0.05, 0) is 30.7 Å². The quantitative estimate of drug-likeness (QED) is 0.806. The lowest BCUT2D eigenvalue weighted by molar-refractivity contribution is -0.138. The molecule has 3 rings (SSSR count). The molecule has 1 aromatic carbocycles. The molecule has 0 bridgehead atoms. The molecule has 2 aliphatic rings. The van der Waals surface area contributed by atoms with Crippen molar-refractivity contribution in [3.05, 3.63) is 67.0 Å². The van der Waals surface area contributed by atoms with Gasteiger partial charge in [0.15, 0.2) is 11.6 Å². The molecular formula is C18H16FNO3. The number of rotatable bonds is 3. The van der Waals surface area contributed by atoms with Gasteiger partial charge >= 0.3 is 0 Å². The van der Waals surface area contributed by atoms with Crippen LogP contribution in [0.25, 0.3) is 0 Å². The summed E-state index contributed by atoms with van der Waals surface area (Å²) in [6.07, 6.45) is 5.71. The van der Waals surface area contributed by atoms with Crippen molar-refractivity contribution in [1.29, 1.82) is 0 Å². The molecule has 2 atom stereocenters. The van der Waals surface area contributed by atoms with Gasteiger partial charge in [-0.2, -0.15) is 0 Å². The highest BCUT2D eigenvalue weighted by Crippen LogP contribution is 2.37. The highest BCUT2D eigenvalue weighted by atomic mass is 19.1. The number of hydrogen-bond acceptors (Lipinski definition) is 3. The lowest BCUT2D eigenvalue weighted by Gasteiger charge is -2.46. The Kier molecular flexibility index (Phi) is 3.96. The normalized spacial score (nSPS) is 27.3. The summed E-state index contributed by atoms with van der Waals surface area (Å²) >= 11 is 0. The number of ether oxygens (including phenoxy) is 1. The van der Waals surface area contributed by atoms with E-state index in [1.165, 1.54) is 11.0 Å². The largest absolute Gasteiger partial charge is 0.347 e. The summed E-state index contributed by atoms with van der Waals surface area (Å²) in [5.74, 6) is -2.23. The summed E-state index contributed by atoms with van der Waals surface area (Å²) < 4.78 is 19.7. The maximum Gasteiger partial charge on any atom is 0.235 e. The lowest BCUT2D eigenvalue weighted by atomic mass is 9.94. The fraction of sp³-hybridized carbons (Fsp3) is 0.222. The second-order valence-electron chi connectivity index (χ2n) is 5.48. The first-order chi connectivity index (χ1) is 11.1. The Hall–Kier alpha value is -2.53. The number of benzene rings is 1. The third-order valence-electron chi connectivity index (χ3n) is 3.94. The zero-order valence-corrected chi connectivity index (χ0v) is 12.4. The molecule has 0 aromatic heterocycles. The van der Waals surface area contributed by atoms with E-state index in [1.54, 1.807) is 30.3 Å². The van der Waals surface area contributed by atoms with Crippen molar-refractivity contribution in [3.63, 3.8) is 0 Å². The van der Waals surface area contributed by atoms with E-state index >= 15 is 0 Å². The van der Waals surface area contributed by atoms with Crippen LogP contribution in [0.1, 0.15) is 6.42 Å². The predicted octanol–water partition coefficient (Wildman–Crippen LogP) is 2.93. The van der Waals surface area contributed by atoms with Crippen molar-refractivity contribution in [2.75, 3.05) is 11.5 Å². The number of amides is 1. The summed E-state index contributed by atoms with van der Waals surface area (Å²) in [6, 6.07) is 8.88. The Bertz CT molecular complexity index is 710. The van der Waals surface area contributed by atoms with Gasteiger partial charge in [0.25, 0.3) is 0 Å². The van der Waals surface area contributed by atoms with Gasteiger partial charge in [0, 0.05) is 11.8 Å². The minimum absolute atomic E-state index is 0.135.